The number of piperidine rings is 1. The maximum Gasteiger partial charge on any atom is 0.0543 e. The van der Waals surface area contributed by atoms with Crippen LogP contribution < -0.4 is 4.90 Å². The molecule has 0 radical (unpaired) electrons. The van der Waals surface area contributed by atoms with E-state index in [4.69, 9.17) is 0 Å². The van der Waals surface area contributed by atoms with Crippen LogP contribution in [0.1, 0.15) is 35.4 Å². The van der Waals surface area contributed by atoms with Crippen molar-refractivity contribution in [3.63, 3.8) is 0 Å². The fraction of sp³-hybridized carbons (Fsp3) is 0.455. The summed E-state index contributed by atoms with van der Waals surface area (Å²) < 4.78 is 0. The van der Waals surface area contributed by atoms with Gasteiger partial charge in [0, 0.05) is 43.0 Å². The Kier molecular flexibility index (Phi) is 4.02. The zero-order chi connectivity index (χ0) is 16.8. The van der Waals surface area contributed by atoms with Gasteiger partial charge >= 0.3 is 0 Å². The number of thioether (sulfide) groups is 1. The first-order valence-corrected chi connectivity index (χ1v) is 10.6. The lowest BCUT2D eigenvalue weighted by Crippen LogP contribution is -2.46. The minimum Gasteiger partial charge on any atom is -0.367 e. The minimum atomic E-state index is 0.688. The van der Waals surface area contributed by atoms with Gasteiger partial charge in [-0.2, -0.15) is 0 Å². The fourth-order valence-electron chi connectivity index (χ4n) is 4.90. The molecule has 3 aliphatic rings. The Bertz CT molecular complexity index is 770. The lowest BCUT2D eigenvalue weighted by atomic mass is 9.89. The van der Waals surface area contributed by atoms with Crippen LogP contribution in [0.5, 0.6) is 0 Å². The van der Waals surface area contributed by atoms with Gasteiger partial charge in [0.15, 0.2) is 0 Å². The molecule has 0 bridgehead atoms. The van der Waals surface area contributed by atoms with Crippen LogP contribution in [0.4, 0.5) is 5.69 Å². The third kappa shape index (κ3) is 2.78. The molecule has 0 aliphatic carbocycles. The van der Waals surface area contributed by atoms with E-state index in [0.29, 0.717) is 5.92 Å². The molecule has 1 saturated heterocycles. The van der Waals surface area contributed by atoms with Crippen molar-refractivity contribution in [3.8, 4) is 0 Å². The third-order valence-corrected chi connectivity index (χ3v) is 7.24. The van der Waals surface area contributed by atoms with E-state index in [9.17, 15) is 0 Å². The van der Waals surface area contributed by atoms with Gasteiger partial charge in [0.25, 0.3) is 0 Å². The summed E-state index contributed by atoms with van der Waals surface area (Å²) in [5, 5.41) is 0. The molecule has 2 nitrogen and oxygen atoms in total. The highest BCUT2D eigenvalue weighted by molar-refractivity contribution is 7.99. The molecule has 0 amide bonds. The minimum absolute atomic E-state index is 0.688. The van der Waals surface area contributed by atoms with Gasteiger partial charge in [-0.05, 0) is 42.7 Å². The topological polar surface area (TPSA) is 6.48 Å². The molecule has 1 fully saturated rings. The van der Waals surface area contributed by atoms with Gasteiger partial charge in [-0.1, -0.05) is 42.0 Å². The Morgan fingerprint density at radius 1 is 1.08 bits per heavy atom. The van der Waals surface area contributed by atoms with Crippen molar-refractivity contribution in [2.75, 3.05) is 30.3 Å². The predicted octanol–water partition coefficient (Wildman–Crippen LogP) is 4.67. The Morgan fingerprint density at radius 2 is 1.96 bits per heavy atom. The number of benzene rings is 2. The van der Waals surface area contributed by atoms with E-state index < -0.39 is 0 Å². The van der Waals surface area contributed by atoms with Gasteiger partial charge < -0.3 is 4.90 Å². The van der Waals surface area contributed by atoms with E-state index in [-0.39, 0.29) is 0 Å². The zero-order valence-corrected chi connectivity index (χ0v) is 15.8. The molecule has 5 rings (SSSR count). The van der Waals surface area contributed by atoms with Crippen molar-refractivity contribution in [1.29, 1.82) is 0 Å². The molecule has 0 spiro atoms. The van der Waals surface area contributed by atoms with Crippen molar-refractivity contribution in [2.24, 2.45) is 0 Å². The highest BCUT2D eigenvalue weighted by Crippen LogP contribution is 2.50. The monoisotopic (exact) mass is 350 g/mol. The van der Waals surface area contributed by atoms with Crippen molar-refractivity contribution in [1.82, 2.24) is 4.90 Å². The summed E-state index contributed by atoms with van der Waals surface area (Å²) in [7, 11) is 0. The molecule has 0 saturated carbocycles. The van der Waals surface area contributed by atoms with Gasteiger partial charge in [-0.15, -0.1) is 11.8 Å². The van der Waals surface area contributed by atoms with E-state index in [1.54, 1.807) is 11.3 Å². The summed E-state index contributed by atoms with van der Waals surface area (Å²) in [4.78, 5) is 6.96. The first-order chi connectivity index (χ1) is 12.3. The SMILES string of the molecule is Cc1ccc(CN2CCC3C(C2)c2cccc4c2N3CCCS4)cc1. The summed E-state index contributed by atoms with van der Waals surface area (Å²) >= 11 is 2.06. The van der Waals surface area contributed by atoms with Crippen molar-refractivity contribution in [3.05, 3.63) is 59.2 Å². The van der Waals surface area contributed by atoms with Crippen LogP contribution in [0.2, 0.25) is 0 Å². The number of likely N-dealkylation sites (tertiary alicyclic amines) is 1. The second kappa shape index (κ2) is 6.37. The average Bonchev–Trinajstić information content (AvgIpc) is 2.79. The molecular formula is C22H26N2S. The maximum absolute atomic E-state index is 2.76. The van der Waals surface area contributed by atoms with E-state index in [1.807, 2.05) is 0 Å². The lowest BCUT2D eigenvalue weighted by Gasteiger charge is -2.39. The second-order valence-electron chi connectivity index (χ2n) is 7.77. The van der Waals surface area contributed by atoms with Crippen molar-refractivity contribution in [2.45, 2.75) is 43.2 Å². The first-order valence-electron chi connectivity index (χ1n) is 9.60. The van der Waals surface area contributed by atoms with E-state index in [1.165, 1.54) is 54.3 Å². The molecule has 2 atom stereocenters. The summed E-state index contributed by atoms with van der Waals surface area (Å²) in [6.45, 7) is 6.93. The number of rotatable bonds is 2. The average molecular weight is 351 g/mol. The molecule has 0 N–H and O–H groups in total. The highest BCUT2D eigenvalue weighted by Gasteiger charge is 2.43. The van der Waals surface area contributed by atoms with Crippen LogP contribution in [-0.4, -0.2) is 36.3 Å². The number of nitrogens with zero attached hydrogens (tertiary/aromatic N) is 2. The summed E-state index contributed by atoms with van der Waals surface area (Å²) in [5.41, 5.74) is 5.99. The summed E-state index contributed by atoms with van der Waals surface area (Å²) in [5.74, 6) is 1.96. The van der Waals surface area contributed by atoms with Crippen molar-refractivity contribution < 1.29 is 0 Å². The van der Waals surface area contributed by atoms with Crippen LogP contribution in [-0.2, 0) is 6.54 Å². The Labute approximate surface area is 155 Å². The molecule has 3 heteroatoms. The van der Waals surface area contributed by atoms with Gasteiger partial charge in [0.1, 0.15) is 0 Å². The van der Waals surface area contributed by atoms with E-state index >= 15 is 0 Å². The largest absolute Gasteiger partial charge is 0.367 e. The quantitative estimate of drug-likeness (QED) is 0.777. The van der Waals surface area contributed by atoms with Crippen LogP contribution in [0.15, 0.2) is 47.4 Å². The second-order valence-corrected chi connectivity index (χ2v) is 8.91. The zero-order valence-electron chi connectivity index (χ0n) is 14.9. The number of aryl methyl sites for hydroxylation is 1. The molecule has 2 aromatic rings. The third-order valence-electron chi connectivity index (χ3n) is 6.11. The van der Waals surface area contributed by atoms with Gasteiger partial charge in [0.2, 0.25) is 0 Å². The molecular weight excluding hydrogens is 324 g/mol. The normalized spacial score (nSPS) is 25.4. The summed E-state index contributed by atoms with van der Waals surface area (Å²) in [6.07, 6.45) is 2.62. The number of hydrogen-bond acceptors (Lipinski definition) is 3. The molecule has 130 valence electrons. The van der Waals surface area contributed by atoms with Gasteiger partial charge in [0.05, 0.1) is 5.69 Å². The number of anilines is 1. The Balaban J connectivity index is 1.41. The highest BCUT2D eigenvalue weighted by atomic mass is 32.2. The van der Waals surface area contributed by atoms with E-state index in [0.717, 1.165) is 12.6 Å². The maximum atomic E-state index is 2.76. The fourth-order valence-corrected chi connectivity index (χ4v) is 5.94. The lowest BCUT2D eigenvalue weighted by molar-refractivity contribution is 0.186. The molecule has 0 aromatic heterocycles. The first kappa shape index (κ1) is 15.8. The van der Waals surface area contributed by atoms with Crippen molar-refractivity contribution >= 4 is 17.4 Å². The van der Waals surface area contributed by atoms with Gasteiger partial charge in [-0.3, -0.25) is 4.90 Å². The Morgan fingerprint density at radius 3 is 2.84 bits per heavy atom. The number of fused-ring (bicyclic) bond motifs is 3. The molecule has 25 heavy (non-hydrogen) atoms. The molecule has 2 aromatic carbocycles. The molecule has 2 unspecified atom stereocenters. The van der Waals surface area contributed by atoms with E-state index in [2.05, 4.69) is 71.0 Å². The predicted molar refractivity (Wildman–Crippen MR) is 107 cm³/mol. The number of para-hydroxylation sites is 1. The van der Waals surface area contributed by atoms with Crippen LogP contribution in [0, 0.1) is 6.92 Å². The number of hydrogen-bond donors (Lipinski definition) is 0. The smallest absolute Gasteiger partial charge is 0.0543 e. The van der Waals surface area contributed by atoms with Crippen LogP contribution in [0.25, 0.3) is 0 Å². The van der Waals surface area contributed by atoms with Crippen LogP contribution in [0.3, 0.4) is 0 Å². The Hall–Kier alpha value is -1.45. The molecule has 3 aliphatic heterocycles. The summed E-state index contributed by atoms with van der Waals surface area (Å²) in [6, 6.07) is 16.8. The standard InChI is InChI=1S/C22H26N2S/c1-16-6-8-17(9-7-16)14-23-12-10-20-19(15-23)18-4-2-5-21-22(18)24(20)11-3-13-25-21/h2,4-9,19-20H,3,10-15H2,1H3. The van der Waals surface area contributed by atoms with Gasteiger partial charge in [-0.25, -0.2) is 0 Å². The molecule has 3 heterocycles. The van der Waals surface area contributed by atoms with Crippen LogP contribution >= 0.6 is 11.8 Å².